The van der Waals surface area contributed by atoms with E-state index in [9.17, 15) is 9.59 Å². The molecule has 146 valence electrons. The van der Waals surface area contributed by atoms with E-state index in [4.69, 9.17) is 0 Å². The fourth-order valence-electron chi connectivity index (χ4n) is 2.61. The van der Waals surface area contributed by atoms with Gasteiger partial charge in [0, 0.05) is 35.4 Å². The second kappa shape index (κ2) is 8.79. The molecule has 2 aromatic heterocycles. The monoisotopic (exact) mass is 397 g/mol. The number of carbonyl (C=O) groups is 2. The van der Waals surface area contributed by atoms with Crippen LogP contribution in [0.5, 0.6) is 0 Å². The summed E-state index contributed by atoms with van der Waals surface area (Å²) in [6.45, 7) is 5.80. The van der Waals surface area contributed by atoms with E-state index in [-0.39, 0.29) is 11.8 Å². The van der Waals surface area contributed by atoms with Gasteiger partial charge in [0.1, 0.15) is 6.04 Å². The van der Waals surface area contributed by atoms with Crippen LogP contribution in [0.2, 0.25) is 0 Å². The van der Waals surface area contributed by atoms with Gasteiger partial charge >= 0.3 is 0 Å². The molecule has 1 aromatic carbocycles. The zero-order valence-corrected chi connectivity index (χ0v) is 16.9. The highest BCUT2D eigenvalue weighted by Gasteiger charge is 2.16. The van der Waals surface area contributed by atoms with Crippen molar-refractivity contribution in [2.75, 3.05) is 10.6 Å². The quantitative estimate of drug-likeness (QED) is 0.626. The van der Waals surface area contributed by atoms with Gasteiger partial charge < -0.3 is 10.6 Å². The molecule has 3 rings (SSSR count). The van der Waals surface area contributed by atoms with Gasteiger partial charge in [-0.05, 0) is 31.0 Å². The summed E-state index contributed by atoms with van der Waals surface area (Å²) < 4.78 is 1.59. The number of aromatic nitrogens is 3. The third kappa shape index (κ3) is 5.04. The van der Waals surface area contributed by atoms with Crippen molar-refractivity contribution >= 4 is 34.0 Å². The predicted octanol–water partition coefficient (Wildman–Crippen LogP) is 4.19. The number of hydrogen-bond acceptors (Lipinski definition) is 5. The molecule has 0 spiro atoms. The van der Waals surface area contributed by atoms with Gasteiger partial charge in [0.2, 0.25) is 5.91 Å². The van der Waals surface area contributed by atoms with E-state index >= 15 is 0 Å². The molecule has 1 atom stereocenters. The van der Waals surface area contributed by atoms with Crippen molar-refractivity contribution in [3.8, 4) is 11.3 Å². The Morgan fingerprint density at radius 1 is 1.14 bits per heavy atom. The molecule has 8 heteroatoms. The third-order valence-corrected chi connectivity index (χ3v) is 4.85. The molecule has 0 radical (unpaired) electrons. The summed E-state index contributed by atoms with van der Waals surface area (Å²) in [5, 5.41) is 12.2. The Kier molecular flexibility index (Phi) is 6.20. The molecular formula is C20H23N5O2S. The number of thiazole rings is 1. The standard InChI is InChI=1S/C20H23N5O2S/c1-13(2)11-18(26)22-16-7-5-15(6-8-16)17-12-28-20(23-17)24-19(27)14(3)25-10-4-9-21-25/h4-10,12-14H,11H2,1-3H3,(H,22,26)(H,23,24,27). The van der Waals surface area contributed by atoms with Crippen LogP contribution in [0, 0.1) is 5.92 Å². The van der Waals surface area contributed by atoms with Gasteiger partial charge in [-0.1, -0.05) is 26.0 Å². The molecule has 0 saturated carbocycles. The summed E-state index contributed by atoms with van der Waals surface area (Å²) in [4.78, 5) is 28.7. The topological polar surface area (TPSA) is 88.9 Å². The summed E-state index contributed by atoms with van der Waals surface area (Å²) in [7, 11) is 0. The average Bonchev–Trinajstić information content (AvgIpc) is 3.33. The molecular weight excluding hydrogens is 374 g/mol. The molecule has 28 heavy (non-hydrogen) atoms. The van der Waals surface area contributed by atoms with E-state index in [1.165, 1.54) is 11.3 Å². The van der Waals surface area contributed by atoms with Crippen molar-refractivity contribution in [1.82, 2.24) is 14.8 Å². The van der Waals surface area contributed by atoms with E-state index in [0.717, 1.165) is 16.9 Å². The minimum absolute atomic E-state index is 0.00714. The maximum Gasteiger partial charge on any atom is 0.250 e. The Bertz CT molecular complexity index is 932. The van der Waals surface area contributed by atoms with E-state index in [2.05, 4.69) is 20.7 Å². The van der Waals surface area contributed by atoms with E-state index in [1.807, 2.05) is 43.5 Å². The molecule has 0 aliphatic heterocycles. The number of carbonyl (C=O) groups excluding carboxylic acids is 2. The molecule has 0 fully saturated rings. The van der Waals surface area contributed by atoms with Crippen LogP contribution in [0.3, 0.4) is 0 Å². The zero-order valence-electron chi connectivity index (χ0n) is 16.0. The highest BCUT2D eigenvalue weighted by molar-refractivity contribution is 7.14. The summed E-state index contributed by atoms with van der Waals surface area (Å²) in [6.07, 6.45) is 3.88. The summed E-state index contributed by atoms with van der Waals surface area (Å²) in [5.74, 6) is 0.152. The summed E-state index contributed by atoms with van der Waals surface area (Å²) in [5.41, 5.74) is 2.44. The molecule has 2 heterocycles. The van der Waals surface area contributed by atoms with Gasteiger partial charge in [-0.2, -0.15) is 5.10 Å². The van der Waals surface area contributed by atoms with Crippen molar-refractivity contribution in [1.29, 1.82) is 0 Å². The second-order valence-corrected chi connectivity index (χ2v) is 7.77. The van der Waals surface area contributed by atoms with Crippen molar-refractivity contribution in [2.45, 2.75) is 33.2 Å². The predicted molar refractivity (Wildman–Crippen MR) is 111 cm³/mol. The van der Waals surface area contributed by atoms with Crippen LogP contribution in [0.1, 0.15) is 33.2 Å². The van der Waals surface area contributed by atoms with Gasteiger partial charge in [-0.25, -0.2) is 4.98 Å². The van der Waals surface area contributed by atoms with Crippen molar-refractivity contribution in [3.63, 3.8) is 0 Å². The molecule has 0 aliphatic carbocycles. The molecule has 1 unspecified atom stereocenters. The van der Waals surface area contributed by atoms with Gasteiger partial charge in [0.15, 0.2) is 5.13 Å². The second-order valence-electron chi connectivity index (χ2n) is 6.91. The van der Waals surface area contributed by atoms with Crippen LogP contribution in [0.15, 0.2) is 48.1 Å². The number of benzene rings is 1. The lowest BCUT2D eigenvalue weighted by Crippen LogP contribution is -2.23. The first kappa shape index (κ1) is 19.8. The fourth-order valence-corrected chi connectivity index (χ4v) is 3.33. The minimum Gasteiger partial charge on any atom is -0.326 e. The number of rotatable bonds is 7. The lowest BCUT2D eigenvalue weighted by atomic mass is 10.1. The molecule has 7 nitrogen and oxygen atoms in total. The molecule has 0 aliphatic rings. The van der Waals surface area contributed by atoms with Crippen molar-refractivity contribution < 1.29 is 9.59 Å². The first-order chi connectivity index (χ1) is 13.4. The Morgan fingerprint density at radius 2 is 1.89 bits per heavy atom. The van der Waals surface area contributed by atoms with Crippen LogP contribution in [0.4, 0.5) is 10.8 Å². The van der Waals surface area contributed by atoms with E-state index < -0.39 is 6.04 Å². The molecule has 0 saturated heterocycles. The number of nitrogens with one attached hydrogen (secondary N) is 2. The Balaban J connectivity index is 1.62. The van der Waals surface area contributed by atoms with Gasteiger partial charge in [-0.3, -0.25) is 14.3 Å². The Morgan fingerprint density at radius 3 is 2.54 bits per heavy atom. The van der Waals surface area contributed by atoms with Gasteiger partial charge in [0.05, 0.1) is 5.69 Å². The lowest BCUT2D eigenvalue weighted by molar-refractivity contribution is -0.119. The Labute approximate surface area is 167 Å². The van der Waals surface area contributed by atoms with Gasteiger partial charge in [0.25, 0.3) is 5.91 Å². The SMILES string of the molecule is CC(C)CC(=O)Nc1ccc(-c2csc(NC(=O)C(C)n3cccn3)n2)cc1. The molecule has 3 aromatic rings. The minimum atomic E-state index is -0.420. The van der Waals surface area contributed by atoms with E-state index in [1.54, 1.807) is 30.1 Å². The van der Waals surface area contributed by atoms with Crippen LogP contribution < -0.4 is 10.6 Å². The zero-order chi connectivity index (χ0) is 20.1. The Hall–Kier alpha value is -3.00. The van der Waals surface area contributed by atoms with Crippen molar-refractivity contribution in [3.05, 3.63) is 48.1 Å². The molecule has 2 N–H and O–H groups in total. The summed E-state index contributed by atoms with van der Waals surface area (Å²) in [6, 6.07) is 8.86. The third-order valence-electron chi connectivity index (χ3n) is 4.09. The highest BCUT2D eigenvalue weighted by atomic mass is 32.1. The molecule has 2 amide bonds. The van der Waals surface area contributed by atoms with Crippen LogP contribution in [-0.2, 0) is 9.59 Å². The van der Waals surface area contributed by atoms with Gasteiger partial charge in [-0.15, -0.1) is 11.3 Å². The number of anilines is 2. The first-order valence-electron chi connectivity index (χ1n) is 9.08. The van der Waals surface area contributed by atoms with Crippen LogP contribution >= 0.6 is 11.3 Å². The number of hydrogen-bond donors (Lipinski definition) is 2. The molecule has 0 bridgehead atoms. The first-order valence-corrected chi connectivity index (χ1v) is 9.96. The number of amides is 2. The van der Waals surface area contributed by atoms with Crippen LogP contribution in [-0.4, -0.2) is 26.6 Å². The largest absolute Gasteiger partial charge is 0.326 e. The van der Waals surface area contributed by atoms with Crippen molar-refractivity contribution in [2.24, 2.45) is 5.92 Å². The highest BCUT2D eigenvalue weighted by Crippen LogP contribution is 2.26. The maximum atomic E-state index is 12.3. The normalized spacial score (nSPS) is 12.0. The van der Waals surface area contributed by atoms with Crippen LogP contribution in [0.25, 0.3) is 11.3 Å². The summed E-state index contributed by atoms with van der Waals surface area (Å²) >= 11 is 1.37. The van der Waals surface area contributed by atoms with E-state index in [0.29, 0.717) is 17.5 Å². The maximum absolute atomic E-state index is 12.3. The lowest BCUT2D eigenvalue weighted by Gasteiger charge is -2.10. The average molecular weight is 398 g/mol. The smallest absolute Gasteiger partial charge is 0.250 e. The number of nitrogens with zero attached hydrogens (tertiary/aromatic N) is 3. The fraction of sp³-hybridized carbons (Fsp3) is 0.300.